The second-order valence-corrected chi connectivity index (χ2v) is 8.10. The van der Waals surface area contributed by atoms with Crippen LogP contribution in [0.2, 0.25) is 0 Å². The molecule has 156 valence electrons. The first-order valence-electron chi connectivity index (χ1n) is 10.3. The minimum atomic E-state index is 0.0362. The van der Waals surface area contributed by atoms with Crippen molar-refractivity contribution in [1.29, 1.82) is 0 Å². The van der Waals surface area contributed by atoms with E-state index >= 15 is 0 Å². The number of ether oxygens (including phenoxy) is 1. The quantitative estimate of drug-likeness (QED) is 0.716. The van der Waals surface area contributed by atoms with E-state index in [2.05, 4.69) is 67.2 Å². The highest BCUT2D eigenvalue weighted by atomic mass is 16.5. The number of anilines is 2. The molecular weight excluding hydrogens is 362 g/mol. The van der Waals surface area contributed by atoms with Crippen LogP contribution in [0.5, 0.6) is 0 Å². The first-order valence-corrected chi connectivity index (χ1v) is 10.3. The van der Waals surface area contributed by atoms with Crippen molar-refractivity contribution in [1.82, 2.24) is 4.90 Å². The van der Waals surface area contributed by atoms with Gasteiger partial charge in [-0.2, -0.15) is 0 Å². The molecule has 29 heavy (non-hydrogen) atoms. The number of aryl methyl sites for hydroxylation is 1. The van der Waals surface area contributed by atoms with Crippen molar-refractivity contribution in [2.45, 2.75) is 32.4 Å². The van der Waals surface area contributed by atoms with Gasteiger partial charge in [0, 0.05) is 58.3 Å². The average Bonchev–Trinajstić information content (AvgIpc) is 2.71. The van der Waals surface area contributed by atoms with Crippen LogP contribution in [-0.2, 0) is 16.1 Å². The number of hydrogen-bond acceptors (Lipinski definition) is 4. The van der Waals surface area contributed by atoms with Gasteiger partial charge in [0.1, 0.15) is 6.61 Å². The number of methoxy groups -OCH3 is 1. The first-order chi connectivity index (χ1) is 14.0. The number of amides is 1. The average molecular weight is 396 g/mol. The lowest BCUT2D eigenvalue weighted by atomic mass is 10.0. The van der Waals surface area contributed by atoms with E-state index in [0.29, 0.717) is 0 Å². The zero-order valence-electron chi connectivity index (χ0n) is 18.1. The highest BCUT2D eigenvalue weighted by Crippen LogP contribution is 2.25. The molecule has 5 heteroatoms. The van der Waals surface area contributed by atoms with E-state index in [1.54, 1.807) is 7.11 Å². The van der Waals surface area contributed by atoms with E-state index in [1.807, 2.05) is 17.0 Å². The Morgan fingerprint density at radius 1 is 1.00 bits per heavy atom. The lowest BCUT2D eigenvalue weighted by Gasteiger charge is -2.38. The second kappa shape index (κ2) is 9.90. The maximum atomic E-state index is 12.8. The second-order valence-electron chi connectivity index (χ2n) is 8.10. The van der Waals surface area contributed by atoms with E-state index in [1.165, 1.54) is 16.8 Å². The standard InChI is InChI=1S/C24H33N3O2/c1-19-5-9-22(10-6-19)27(24(28)18-29-4)23-13-15-26(16-14-23)17-20-7-11-21(12-8-20)25(2)3/h5-12,23H,13-18H2,1-4H3. The van der Waals surface area contributed by atoms with Crippen molar-refractivity contribution >= 4 is 17.3 Å². The van der Waals surface area contributed by atoms with Crippen LogP contribution >= 0.6 is 0 Å². The van der Waals surface area contributed by atoms with Gasteiger partial charge in [-0.25, -0.2) is 0 Å². The third-order valence-corrected chi connectivity index (χ3v) is 5.63. The van der Waals surface area contributed by atoms with Gasteiger partial charge >= 0.3 is 0 Å². The Kier molecular flexibility index (Phi) is 7.29. The van der Waals surface area contributed by atoms with Crippen LogP contribution in [0.4, 0.5) is 11.4 Å². The molecule has 0 bridgehead atoms. The van der Waals surface area contributed by atoms with E-state index in [-0.39, 0.29) is 18.6 Å². The van der Waals surface area contributed by atoms with Crippen LogP contribution in [0.15, 0.2) is 48.5 Å². The minimum Gasteiger partial charge on any atom is -0.378 e. The lowest BCUT2D eigenvalue weighted by molar-refractivity contribution is -0.122. The largest absolute Gasteiger partial charge is 0.378 e. The van der Waals surface area contributed by atoms with Gasteiger partial charge in [-0.3, -0.25) is 9.69 Å². The molecule has 0 aliphatic carbocycles. The number of hydrogen-bond donors (Lipinski definition) is 0. The van der Waals surface area contributed by atoms with Gasteiger partial charge in [0.25, 0.3) is 5.91 Å². The zero-order valence-corrected chi connectivity index (χ0v) is 18.1. The van der Waals surface area contributed by atoms with Crippen molar-refractivity contribution in [2.24, 2.45) is 0 Å². The van der Waals surface area contributed by atoms with Crippen molar-refractivity contribution < 1.29 is 9.53 Å². The molecule has 1 heterocycles. The Morgan fingerprint density at radius 2 is 1.59 bits per heavy atom. The fourth-order valence-electron chi connectivity index (χ4n) is 3.95. The SMILES string of the molecule is COCC(=O)N(c1ccc(C)cc1)C1CCN(Cc2ccc(N(C)C)cc2)CC1. The van der Waals surface area contributed by atoms with E-state index in [0.717, 1.165) is 38.2 Å². The summed E-state index contributed by atoms with van der Waals surface area (Å²) in [6.07, 6.45) is 1.94. The molecule has 0 unspecified atom stereocenters. The van der Waals surface area contributed by atoms with Crippen LogP contribution in [0.1, 0.15) is 24.0 Å². The Balaban J connectivity index is 1.63. The number of rotatable bonds is 7. The molecule has 2 aromatic carbocycles. The summed E-state index contributed by atoms with van der Waals surface area (Å²) >= 11 is 0. The summed E-state index contributed by atoms with van der Waals surface area (Å²) in [7, 11) is 5.70. The number of piperidine rings is 1. The number of carbonyl (C=O) groups excluding carboxylic acids is 1. The molecule has 1 aliphatic heterocycles. The Bertz CT molecular complexity index is 779. The molecule has 2 aromatic rings. The summed E-state index contributed by atoms with van der Waals surface area (Å²) in [5.41, 5.74) is 4.72. The summed E-state index contributed by atoms with van der Waals surface area (Å²) in [6.45, 7) is 5.11. The molecule has 1 fully saturated rings. The lowest BCUT2D eigenvalue weighted by Crippen LogP contribution is -2.48. The van der Waals surface area contributed by atoms with Gasteiger partial charge < -0.3 is 14.5 Å². The minimum absolute atomic E-state index is 0.0362. The molecule has 0 atom stereocenters. The van der Waals surface area contributed by atoms with Crippen LogP contribution < -0.4 is 9.80 Å². The predicted octanol–water partition coefficient (Wildman–Crippen LogP) is 3.71. The molecule has 0 saturated carbocycles. The molecular formula is C24H33N3O2. The smallest absolute Gasteiger partial charge is 0.253 e. The molecule has 0 radical (unpaired) electrons. The Labute approximate surface area is 174 Å². The van der Waals surface area contributed by atoms with Crippen molar-refractivity contribution in [3.05, 3.63) is 59.7 Å². The third kappa shape index (κ3) is 5.58. The zero-order chi connectivity index (χ0) is 20.8. The number of carbonyl (C=O) groups is 1. The first kappa shape index (κ1) is 21.3. The van der Waals surface area contributed by atoms with Gasteiger partial charge in [0.05, 0.1) is 0 Å². The maximum Gasteiger partial charge on any atom is 0.253 e. The fraction of sp³-hybridized carbons (Fsp3) is 0.458. The molecule has 1 amide bonds. The number of likely N-dealkylation sites (tertiary alicyclic amines) is 1. The van der Waals surface area contributed by atoms with E-state index in [9.17, 15) is 4.79 Å². The topological polar surface area (TPSA) is 36.0 Å². The Morgan fingerprint density at radius 3 is 2.14 bits per heavy atom. The van der Waals surface area contributed by atoms with Crippen molar-refractivity contribution in [2.75, 3.05) is 50.7 Å². The molecule has 1 aliphatic rings. The van der Waals surface area contributed by atoms with Crippen molar-refractivity contribution in [3.8, 4) is 0 Å². The van der Waals surface area contributed by atoms with Crippen LogP contribution in [0, 0.1) is 6.92 Å². The number of benzene rings is 2. The van der Waals surface area contributed by atoms with E-state index < -0.39 is 0 Å². The molecule has 1 saturated heterocycles. The van der Waals surface area contributed by atoms with Crippen LogP contribution in [-0.4, -0.2) is 57.8 Å². The summed E-state index contributed by atoms with van der Waals surface area (Å²) in [6, 6.07) is 17.2. The highest BCUT2D eigenvalue weighted by molar-refractivity contribution is 5.94. The number of nitrogens with zero attached hydrogens (tertiary/aromatic N) is 3. The molecule has 0 spiro atoms. The van der Waals surface area contributed by atoms with Gasteiger partial charge in [-0.15, -0.1) is 0 Å². The summed E-state index contributed by atoms with van der Waals surface area (Å²) in [5, 5.41) is 0. The van der Waals surface area contributed by atoms with Gasteiger partial charge in [0.2, 0.25) is 0 Å². The predicted molar refractivity (Wildman–Crippen MR) is 120 cm³/mol. The summed E-state index contributed by atoms with van der Waals surface area (Å²) in [5.74, 6) is 0.0362. The molecule has 5 nitrogen and oxygen atoms in total. The Hall–Kier alpha value is -2.37. The van der Waals surface area contributed by atoms with Crippen LogP contribution in [0.25, 0.3) is 0 Å². The third-order valence-electron chi connectivity index (χ3n) is 5.63. The van der Waals surface area contributed by atoms with Crippen molar-refractivity contribution in [3.63, 3.8) is 0 Å². The normalized spacial score (nSPS) is 15.3. The van der Waals surface area contributed by atoms with E-state index in [4.69, 9.17) is 4.74 Å². The van der Waals surface area contributed by atoms with Gasteiger partial charge in [-0.05, 0) is 49.6 Å². The van der Waals surface area contributed by atoms with Crippen LogP contribution in [0.3, 0.4) is 0 Å². The highest BCUT2D eigenvalue weighted by Gasteiger charge is 2.29. The summed E-state index contributed by atoms with van der Waals surface area (Å²) < 4.78 is 5.14. The van der Waals surface area contributed by atoms with Gasteiger partial charge in [0.15, 0.2) is 0 Å². The van der Waals surface area contributed by atoms with Gasteiger partial charge in [-0.1, -0.05) is 29.8 Å². The molecule has 0 aromatic heterocycles. The molecule has 3 rings (SSSR count). The summed E-state index contributed by atoms with van der Waals surface area (Å²) in [4.78, 5) is 19.3. The molecule has 0 N–H and O–H groups in total. The fourth-order valence-corrected chi connectivity index (χ4v) is 3.95. The monoisotopic (exact) mass is 395 g/mol. The maximum absolute atomic E-state index is 12.8.